The molecular weight excluding hydrogens is 178 g/mol. The van der Waals surface area contributed by atoms with Crippen LogP contribution in [0.3, 0.4) is 0 Å². The van der Waals surface area contributed by atoms with Crippen LogP contribution >= 0.6 is 0 Å². The van der Waals surface area contributed by atoms with Gasteiger partial charge in [0.05, 0.1) is 0 Å². The number of carbonyl (C=O) groups excluding carboxylic acids is 1. The van der Waals surface area contributed by atoms with E-state index in [9.17, 15) is 13.6 Å². The highest BCUT2D eigenvalue weighted by atomic mass is 19.3. The molecule has 1 rings (SSSR count). The minimum Gasteiger partial charge on any atom is -0.339 e. The fourth-order valence-electron chi connectivity index (χ4n) is 1.50. The highest BCUT2D eigenvalue weighted by Gasteiger charge is 2.23. The van der Waals surface area contributed by atoms with Crippen LogP contribution in [-0.2, 0) is 4.79 Å². The van der Waals surface area contributed by atoms with Gasteiger partial charge in [0.25, 0.3) is 5.91 Å². The molecule has 0 aliphatic carbocycles. The van der Waals surface area contributed by atoms with Crippen molar-refractivity contribution in [2.24, 2.45) is 0 Å². The standard InChI is InChI=1S/C8H14F2N2O/c1-12(8(13)7(9)10)5-6-3-2-4-11-6/h6-7,11H,2-5H2,1H3. The number of halogens is 2. The molecule has 5 heteroatoms. The van der Waals surface area contributed by atoms with Gasteiger partial charge in [0.15, 0.2) is 0 Å². The van der Waals surface area contributed by atoms with Gasteiger partial charge < -0.3 is 10.2 Å². The zero-order valence-corrected chi connectivity index (χ0v) is 7.59. The summed E-state index contributed by atoms with van der Waals surface area (Å²) in [5.74, 6) is -1.09. The van der Waals surface area contributed by atoms with Crippen LogP contribution in [0, 0.1) is 0 Å². The molecular formula is C8H14F2N2O. The molecule has 1 unspecified atom stereocenters. The third-order valence-corrected chi connectivity index (χ3v) is 2.22. The first kappa shape index (κ1) is 10.4. The molecule has 0 aromatic rings. The van der Waals surface area contributed by atoms with Gasteiger partial charge in [-0.15, -0.1) is 0 Å². The van der Waals surface area contributed by atoms with Crippen LogP contribution in [0.25, 0.3) is 0 Å². The Hall–Kier alpha value is -0.710. The molecule has 1 aliphatic heterocycles. The van der Waals surface area contributed by atoms with Gasteiger partial charge in [0.2, 0.25) is 0 Å². The zero-order chi connectivity index (χ0) is 9.84. The van der Waals surface area contributed by atoms with Crippen LogP contribution in [0.2, 0.25) is 0 Å². The zero-order valence-electron chi connectivity index (χ0n) is 7.59. The van der Waals surface area contributed by atoms with Gasteiger partial charge in [-0.2, -0.15) is 8.78 Å². The maximum atomic E-state index is 11.9. The van der Waals surface area contributed by atoms with Crippen molar-refractivity contribution in [2.75, 3.05) is 20.1 Å². The van der Waals surface area contributed by atoms with Crippen molar-refractivity contribution in [2.45, 2.75) is 25.3 Å². The number of nitrogens with one attached hydrogen (secondary N) is 1. The number of likely N-dealkylation sites (N-methyl/N-ethyl adjacent to an activating group) is 1. The van der Waals surface area contributed by atoms with Gasteiger partial charge in [0, 0.05) is 19.6 Å². The molecule has 0 spiro atoms. The highest BCUT2D eigenvalue weighted by Crippen LogP contribution is 2.07. The summed E-state index contributed by atoms with van der Waals surface area (Å²) >= 11 is 0. The first-order valence-corrected chi connectivity index (χ1v) is 4.38. The molecule has 1 atom stereocenters. The lowest BCUT2D eigenvalue weighted by Gasteiger charge is -2.20. The largest absolute Gasteiger partial charge is 0.339 e. The molecule has 1 N–H and O–H groups in total. The van der Waals surface area contributed by atoms with Crippen LogP contribution < -0.4 is 5.32 Å². The van der Waals surface area contributed by atoms with Crippen molar-refractivity contribution in [1.29, 1.82) is 0 Å². The van der Waals surface area contributed by atoms with Crippen molar-refractivity contribution in [3.63, 3.8) is 0 Å². The summed E-state index contributed by atoms with van der Waals surface area (Å²) in [6.45, 7) is 1.30. The third kappa shape index (κ3) is 2.91. The van der Waals surface area contributed by atoms with E-state index in [0.717, 1.165) is 24.3 Å². The molecule has 13 heavy (non-hydrogen) atoms. The number of amides is 1. The predicted molar refractivity (Wildman–Crippen MR) is 44.7 cm³/mol. The first-order chi connectivity index (χ1) is 6.11. The van der Waals surface area contributed by atoms with E-state index in [4.69, 9.17) is 0 Å². The lowest BCUT2D eigenvalue weighted by Crippen LogP contribution is -2.41. The maximum absolute atomic E-state index is 11.9. The number of nitrogens with zero attached hydrogens (tertiary/aromatic N) is 1. The Morgan fingerprint density at radius 1 is 1.69 bits per heavy atom. The fraction of sp³-hybridized carbons (Fsp3) is 0.875. The molecule has 1 fully saturated rings. The van der Waals surface area contributed by atoms with Crippen molar-refractivity contribution in [3.05, 3.63) is 0 Å². The van der Waals surface area contributed by atoms with Crippen molar-refractivity contribution in [1.82, 2.24) is 10.2 Å². The molecule has 0 aromatic heterocycles. The molecule has 3 nitrogen and oxygen atoms in total. The van der Waals surface area contributed by atoms with Crippen molar-refractivity contribution >= 4 is 5.91 Å². The lowest BCUT2D eigenvalue weighted by atomic mass is 10.2. The number of carbonyl (C=O) groups is 1. The fourth-order valence-corrected chi connectivity index (χ4v) is 1.50. The Morgan fingerprint density at radius 3 is 2.85 bits per heavy atom. The lowest BCUT2D eigenvalue weighted by molar-refractivity contribution is -0.141. The molecule has 1 amide bonds. The number of hydrogen-bond donors (Lipinski definition) is 1. The van der Waals surface area contributed by atoms with E-state index in [-0.39, 0.29) is 6.04 Å². The number of alkyl halides is 2. The normalized spacial score (nSPS) is 22.3. The quantitative estimate of drug-likeness (QED) is 0.704. The summed E-state index contributed by atoms with van der Waals surface area (Å²) in [5.41, 5.74) is 0. The van der Waals surface area contributed by atoms with Crippen LogP contribution in [0.15, 0.2) is 0 Å². The predicted octanol–water partition coefficient (Wildman–Crippen LogP) is 0.462. The Labute approximate surface area is 76.1 Å². The Bertz CT molecular complexity index is 181. The third-order valence-electron chi connectivity index (χ3n) is 2.22. The van der Waals surface area contributed by atoms with Crippen LogP contribution in [-0.4, -0.2) is 43.4 Å². The molecule has 0 radical (unpaired) electrons. The molecule has 0 aromatic carbocycles. The number of rotatable bonds is 3. The smallest absolute Gasteiger partial charge is 0.315 e. The summed E-state index contributed by atoms with van der Waals surface area (Å²) in [4.78, 5) is 11.9. The Kier molecular flexibility index (Phi) is 3.59. The summed E-state index contributed by atoms with van der Waals surface area (Å²) in [5, 5.41) is 3.14. The van der Waals surface area contributed by atoms with E-state index < -0.39 is 12.3 Å². The second kappa shape index (κ2) is 4.50. The molecule has 1 aliphatic rings. The van der Waals surface area contributed by atoms with E-state index in [1.165, 1.54) is 7.05 Å². The van der Waals surface area contributed by atoms with E-state index in [2.05, 4.69) is 5.32 Å². The average Bonchev–Trinajstić information content (AvgIpc) is 2.55. The number of hydrogen-bond acceptors (Lipinski definition) is 2. The van der Waals surface area contributed by atoms with Crippen molar-refractivity contribution < 1.29 is 13.6 Å². The van der Waals surface area contributed by atoms with E-state index >= 15 is 0 Å². The minimum absolute atomic E-state index is 0.188. The van der Waals surface area contributed by atoms with E-state index in [1.54, 1.807) is 0 Å². The minimum atomic E-state index is -2.88. The molecule has 1 heterocycles. The van der Waals surface area contributed by atoms with Crippen LogP contribution in [0.4, 0.5) is 8.78 Å². The van der Waals surface area contributed by atoms with Crippen LogP contribution in [0.1, 0.15) is 12.8 Å². The van der Waals surface area contributed by atoms with E-state index in [0.29, 0.717) is 6.54 Å². The molecule has 1 saturated heterocycles. The summed E-state index contributed by atoms with van der Waals surface area (Å²) in [7, 11) is 1.41. The Balaban J connectivity index is 2.31. The second-order valence-corrected chi connectivity index (χ2v) is 3.31. The monoisotopic (exact) mass is 192 g/mol. The van der Waals surface area contributed by atoms with Gasteiger partial charge >= 0.3 is 6.43 Å². The SMILES string of the molecule is CN(CC1CCCN1)C(=O)C(F)F. The first-order valence-electron chi connectivity index (χ1n) is 4.38. The maximum Gasteiger partial charge on any atom is 0.315 e. The van der Waals surface area contributed by atoms with Gasteiger partial charge in [0.1, 0.15) is 0 Å². The average molecular weight is 192 g/mol. The summed E-state index contributed by atoms with van der Waals surface area (Å²) in [6, 6.07) is 0.188. The molecule has 76 valence electrons. The second-order valence-electron chi connectivity index (χ2n) is 3.31. The van der Waals surface area contributed by atoms with Crippen LogP contribution in [0.5, 0.6) is 0 Å². The van der Waals surface area contributed by atoms with Gasteiger partial charge in [-0.05, 0) is 19.4 Å². The summed E-state index contributed by atoms with van der Waals surface area (Å²) < 4.78 is 23.9. The molecule has 0 saturated carbocycles. The highest BCUT2D eigenvalue weighted by molar-refractivity contribution is 5.79. The van der Waals surface area contributed by atoms with Gasteiger partial charge in [-0.3, -0.25) is 4.79 Å². The van der Waals surface area contributed by atoms with E-state index in [1.807, 2.05) is 0 Å². The summed E-state index contributed by atoms with van der Waals surface area (Å²) in [6.07, 6.45) is -0.867. The van der Waals surface area contributed by atoms with Gasteiger partial charge in [-0.1, -0.05) is 0 Å². The molecule has 0 bridgehead atoms. The Morgan fingerprint density at radius 2 is 2.38 bits per heavy atom. The topological polar surface area (TPSA) is 32.3 Å². The van der Waals surface area contributed by atoms with Gasteiger partial charge in [-0.25, -0.2) is 0 Å². The van der Waals surface area contributed by atoms with Crippen molar-refractivity contribution in [3.8, 4) is 0 Å².